The first-order valence-electron chi connectivity index (χ1n) is 8.02. The van der Waals surface area contributed by atoms with Gasteiger partial charge in [0.2, 0.25) is 0 Å². The number of hydrogen-bond acceptors (Lipinski definition) is 3. The SMILES string of the molecule is Cl.O=C(c1ccc2c(c1)CNC2)N(CC1CCOC1)C1CC1. The summed E-state index contributed by atoms with van der Waals surface area (Å²) in [6.07, 6.45) is 3.40. The second-order valence-electron chi connectivity index (χ2n) is 6.51. The molecule has 0 radical (unpaired) electrons. The van der Waals surface area contributed by atoms with Gasteiger partial charge in [-0.2, -0.15) is 0 Å². The average Bonchev–Trinajstić information content (AvgIpc) is 3.02. The summed E-state index contributed by atoms with van der Waals surface area (Å²) in [6.45, 7) is 4.33. The second-order valence-corrected chi connectivity index (χ2v) is 6.51. The van der Waals surface area contributed by atoms with Crippen LogP contribution in [0.1, 0.15) is 40.7 Å². The summed E-state index contributed by atoms with van der Waals surface area (Å²) in [4.78, 5) is 15.0. The van der Waals surface area contributed by atoms with E-state index in [2.05, 4.69) is 22.3 Å². The molecule has 2 heterocycles. The molecule has 2 fully saturated rings. The van der Waals surface area contributed by atoms with Crippen LogP contribution in [0.5, 0.6) is 0 Å². The molecule has 2 aliphatic heterocycles. The maximum Gasteiger partial charge on any atom is 0.254 e. The minimum atomic E-state index is 0. The number of fused-ring (bicyclic) bond motifs is 1. The van der Waals surface area contributed by atoms with E-state index >= 15 is 0 Å². The van der Waals surface area contributed by atoms with Gasteiger partial charge in [0, 0.05) is 43.8 Å². The zero-order valence-electron chi connectivity index (χ0n) is 12.7. The van der Waals surface area contributed by atoms with Gasteiger partial charge in [-0.05, 0) is 42.5 Å². The Balaban J connectivity index is 0.00000144. The largest absolute Gasteiger partial charge is 0.381 e. The zero-order chi connectivity index (χ0) is 14.2. The van der Waals surface area contributed by atoms with Crippen LogP contribution >= 0.6 is 12.4 Å². The molecule has 1 aromatic carbocycles. The van der Waals surface area contributed by atoms with Crippen molar-refractivity contribution in [2.75, 3.05) is 19.8 Å². The fraction of sp³-hybridized carbons (Fsp3) is 0.588. The molecule has 4 rings (SSSR count). The molecular weight excluding hydrogens is 300 g/mol. The predicted octanol–water partition coefficient (Wildman–Crippen LogP) is 2.35. The standard InChI is InChI=1S/C17H22N2O2.ClH/c20-17(13-1-2-14-8-18-9-15(14)7-13)19(16-3-4-16)10-12-5-6-21-11-12;/h1-2,7,12,16,18H,3-6,8-11H2;1H. The van der Waals surface area contributed by atoms with Crippen LogP contribution in [0, 0.1) is 5.92 Å². The molecule has 1 amide bonds. The van der Waals surface area contributed by atoms with Gasteiger partial charge >= 0.3 is 0 Å². The van der Waals surface area contributed by atoms with E-state index in [0.29, 0.717) is 12.0 Å². The van der Waals surface area contributed by atoms with E-state index in [0.717, 1.165) is 57.7 Å². The van der Waals surface area contributed by atoms with Gasteiger partial charge in [0.1, 0.15) is 0 Å². The van der Waals surface area contributed by atoms with Crippen molar-refractivity contribution in [2.45, 2.75) is 38.4 Å². The van der Waals surface area contributed by atoms with Crippen molar-refractivity contribution in [2.24, 2.45) is 5.92 Å². The number of rotatable bonds is 4. The minimum Gasteiger partial charge on any atom is -0.381 e. The molecule has 120 valence electrons. The van der Waals surface area contributed by atoms with Gasteiger partial charge in [0.25, 0.3) is 5.91 Å². The number of hydrogen-bond donors (Lipinski definition) is 1. The van der Waals surface area contributed by atoms with Crippen LogP contribution in [0.3, 0.4) is 0 Å². The van der Waals surface area contributed by atoms with Gasteiger partial charge < -0.3 is 15.0 Å². The predicted molar refractivity (Wildman–Crippen MR) is 87.2 cm³/mol. The highest BCUT2D eigenvalue weighted by Crippen LogP contribution is 2.31. The van der Waals surface area contributed by atoms with Gasteiger partial charge in [-0.1, -0.05) is 6.07 Å². The minimum absolute atomic E-state index is 0. The fourth-order valence-corrected chi connectivity index (χ4v) is 3.38. The molecule has 3 aliphatic rings. The molecule has 1 saturated heterocycles. The number of nitrogens with one attached hydrogen (secondary N) is 1. The second kappa shape index (κ2) is 6.57. The molecule has 1 atom stereocenters. The molecule has 1 N–H and O–H groups in total. The van der Waals surface area contributed by atoms with Crippen LogP contribution in [0.15, 0.2) is 18.2 Å². The number of amides is 1. The van der Waals surface area contributed by atoms with E-state index in [1.807, 2.05) is 6.07 Å². The number of benzene rings is 1. The van der Waals surface area contributed by atoms with E-state index in [-0.39, 0.29) is 18.3 Å². The molecule has 0 aromatic heterocycles. The van der Waals surface area contributed by atoms with Gasteiger partial charge in [-0.25, -0.2) is 0 Å². The number of halogens is 1. The van der Waals surface area contributed by atoms with E-state index in [4.69, 9.17) is 4.74 Å². The normalized spacial score (nSPS) is 23.0. The maximum absolute atomic E-state index is 12.9. The number of ether oxygens (including phenoxy) is 1. The van der Waals surface area contributed by atoms with Crippen LogP contribution in [0.4, 0.5) is 0 Å². The lowest BCUT2D eigenvalue weighted by Gasteiger charge is -2.25. The smallest absolute Gasteiger partial charge is 0.254 e. The summed E-state index contributed by atoms with van der Waals surface area (Å²) in [5.41, 5.74) is 3.46. The van der Waals surface area contributed by atoms with Crippen molar-refractivity contribution >= 4 is 18.3 Å². The Morgan fingerprint density at radius 2 is 2.05 bits per heavy atom. The molecule has 1 aliphatic carbocycles. The number of carbonyl (C=O) groups excluding carboxylic acids is 1. The summed E-state index contributed by atoms with van der Waals surface area (Å²) in [5.74, 6) is 0.727. The molecule has 1 aromatic rings. The van der Waals surface area contributed by atoms with Crippen LogP contribution < -0.4 is 5.32 Å². The lowest BCUT2D eigenvalue weighted by atomic mass is 10.0. The van der Waals surface area contributed by atoms with Crippen LogP contribution in [0.25, 0.3) is 0 Å². The molecule has 4 nitrogen and oxygen atoms in total. The average molecular weight is 323 g/mol. The topological polar surface area (TPSA) is 41.6 Å². The zero-order valence-corrected chi connectivity index (χ0v) is 13.5. The van der Waals surface area contributed by atoms with E-state index < -0.39 is 0 Å². The van der Waals surface area contributed by atoms with Crippen molar-refractivity contribution in [1.29, 1.82) is 0 Å². The van der Waals surface area contributed by atoms with Gasteiger partial charge in [-0.15, -0.1) is 12.4 Å². The monoisotopic (exact) mass is 322 g/mol. The van der Waals surface area contributed by atoms with Gasteiger partial charge in [-0.3, -0.25) is 4.79 Å². The Labute approximate surface area is 137 Å². The van der Waals surface area contributed by atoms with E-state index in [9.17, 15) is 4.79 Å². The van der Waals surface area contributed by atoms with E-state index in [1.165, 1.54) is 11.1 Å². The highest BCUT2D eigenvalue weighted by molar-refractivity contribution is 5.95. The van der Waals surface area contributed by atoms with Crippen LogP contribution in [-0.4, -0.2) is 36.6 Å². The van der Waals surface area contributed by atoms with E-state index in [1.54, 1.807) is 0 Å². The Kier molecular flexibility index (Phi) is 4.71. The van der Waals surface area contributed by atoms with Crippen molar-refractivity contribution < 1.29 is 9.53 Å². The van der Waals surface area contributed by atoms with Crippen LogP contribution in [0.2, 0.25) is 0 Å². The third-order valence-electron chi connectivity index (χ3n) is 4.81. The number of nitrogens with zero attached hydrogens (tertiary/aromatic N) is 1. The van der Waals surface area contributed by atoms with Gasteiger partial charge in [0.15, 0.2) is 0 Å². The quantitative estimate of drug-likeness (QED) is 0.925. The molecule has 0 spiro atoms. The molecule has 0 bridgehead atoms. The summed E-state index contributed by atoms with van der Waals surface area (Å²) in [7, 11) is 0. The first-order valence-corrected chi connectivity index (χ1v) is 8.02. The van der Waals surface area contributed by atoms with Gasteiger partial charge in [0.05, 0.1) is 6.61 Å². The lowest BCUT2D eigenvalue weighted by molar-refractivity contribution is 0.0706. The summed E-state index contributed by atoms with van der Waals surface area (Å²) in [5, 5.41) is 3.34. The molecule has 1 unspecified atom stereocenters. The summed E-state index contributed by atoms with van der Waals surface area (Å²) < 4.78 is 5.46. The third kappa shape index (κ3) is 3.14. The van der Waals surface area contributed by atoms with Crippen molar-refractivity contribution in [3.05, 3.63) is 34.9 Å². The van der Waals surface area contributed by atoms with Crippen molar-refractivity contribution in [3.63, 3.8) is 0 Å². The summed E-state index contributed by atoms with van der Waals surface area (Å²) in [6, 6.07) is 6.64. The van der Waals surface area contributed by atoms with Crippen LogP contribution in [-0.2, 0) is 17.8 Å². The highest BCUT2D eigenvalue weighted by Gasteiger charge is 2.35. The highest BCUT2D eigenvalue weighted by atomic mass is 35.5. The first-order chi connectivity index (χ1) is 10.3. The Morgan fingerprint density at radius 3 is 2.77 bits per heavy atom. The lowest BCUT2D eigenvalue weighted by Crippen LogP contribution is -2.37. The molecule has 1 saturated carbocycles. The molecule has 22 heavy (non-hydrogen) atoms. The fourth-order valence-electron chi connectivity index (χ4n) is 3.38. The Morgan fingerprint density at radius 1 is 1.23 bits per heavy atom. The van der Waals surface area contributed by atoms with Crippen molar-refractivity contribution in [3.8, 4) is 0 Å². The maximum atomic E-state index is 12.9. The number of carbonyl (C=O) groups is 1. The molecular formula is C17H23ClN2O2. The molecule has 5 heteroatoms. The Bertz CT molecular complexity index is 554. The third-order valence-corrected chi connectivity index (χ3v) is 4.81. The summed E-state index contributed by atoms with van der Waals surface area (Å²) >= 11 is 0. The van der Waals surface area contributed by atoms with Crippen molar-refractivity contribution in [1.82, 2.24) is 10.2 Å². The Hall–Kier alpha value is -1.10. The first kappa shape index (κ1) is 15.8.